The van der Waals surface area contributed by atoms with Crippen LogP contribution in [-0.2, 0) is 11.8 Å². The van der Waals surface area contributed by atoms with Crippen LogP contribution in [0.5, 0.6) is 0 Å². The summed E-state index contributed by atoms with van der Waals surface area (Å²) in [5.74, 6) is 2.42. The van der Waals surface area contributed by atoms with Gasteiger partial charge in [-0.05, 0) is 129 Å². The summed E-state index contributed by atoms with van der Waals surface area (Å²) in [6, 6.07) is 11.9. The molecule has 0 atom stereocenters. The average Bonchev–Trinajstić information content (AvgIpc) is 3.77. The normalized spacial score (nSPS) is 28.0. The predicted molar refractivity (Wildman–Crippen MR) is 172 cm³/mol. The SMILES string of the molecule is C=C(C1CCCCC1)N(CC12CCC(c3ccc(CC)c(C)c3)(CC1)CC2)c1cc(C2=CCC(C3CC3)=N2)ccn1. The van der Waals surface area contributed by atoms with E-state index in [1.54, 1.807) is 5.56 Å². The fourth-order valence-electron chi connectivity index (χ4n) is 8.71. The Morgan fingerprint density at radius 1 is 0.951 bits per heavy atom. The third kappa shape index (κ3) is 5.23. The molecule has 3 heteroatoms. The standard InChI is InChI=1S/C38H49N3/c1-4-29-12-13-33(24-27(29)2)38-20-17-37(18-21-38,19-22-38)26-41(28(3)30-8-6-5-7-9-30)36-25-32(16-23-39-36)35-15-14-34(40-35)31-10-11-31/h12-13,15-16,23-25,30-31H,3-11,14,17-22,26H2,1-2H3. The molecule has 5 fully saturated rings. The Morgan fingerprint density at radius 2 is 1.71 bits per heavy atom. The van der Waals surface area contributed by atoms with Crippen molar-refractivity contribution in [1.82, 2.24) is 4.98 Å². The molecule has 2 bridgehead atoms. The number of hydrogen-bond donors (Lipinski definition) is 0. The molecule has 3 nitrogen and oxygen atoms in total. The lowest BCUT2D eigenvalue weighted by atomic mass is 9.51. The molecule has 1 aromatic heterocycles. The summed E-state index contributed by atoms with van der Waals surface area (Å²) in [6.45, 7) is 10.5. The first kappa shape index (κ1) is 27.2. The fourth-order valence-corrected chi connectivity index (χ4v) is 8.71. The molecule has 2 heterocycles. The molecule has 216 valence electrons. The second-order valence-corrected chi connectivity index (χ2v) is 14.3. The summed E-state index contributed by atoms with van der Waals surface area (Å²) in [4.78, 5) is 12.7. The van der Waals surface area contributed by atoms with Gasteiger partial charge < -0.3 is 4.90 Å². The van der Waals surface area contributed by atoms with Crippen molar-refractivity contribution in [1.29, 1.82) is 0 Å². The number of nitrogens with zero attached hydrogens (tertiary/aromatic N) is 3. The van der Waals surface area contributed by atoms with Crippen LogP contribution in [0.3, 0.4) is 0 Å². The van der Waals surface area contributed by atoms with Gasteiger partial charge in [0.1, 0.15) is 5.82 Å². The van der Waals surface area contributed by atoms with Gasteiger partial charge in [-0.25, -0.2) is 4.98 Å². The van der Waals surface area contributed by atoms with Crippen molar-refractivity contribution < 1.29 is 0 Å². The van der Waals surface area contributed by atoms with Gasteiger partial charge in [-0.3, -0.25) is 4.99 Å². The zero-order valence-corrected chi connectivity index (χ0v) is 25.6. The molecular weight excluding hydrogens is 498 g/mol. The van der Waals surface area contributed by atoms with Crippen molar-refractivity contribution in [3.05, 3.63) is 77.1 Å². The summed E-state index contributed by atoms with van der Waals surface area (Å²) in [5, 5.41) is 0. The monoisotopic (exact) mass is 547 g/mol. The number of anilines is 1. The highest BCUT2D eigenvalue weighted by Gasteiger charge is 2.50. The van der Waals surface area contributed by atoms with E-state index < -0.39 is 0 Å². The molecular formula is C38H49N3. The summed E-state index contributed by atoms with van der Waals surface area (Å²) in [7, 11) is 0. The molecule has 8 rings (SSSR count). The molecule has 6 aliphatic rings. The molecule has 41 heavy (non-hydrogen) atoms. The maximum Gasteiger partial charge on any atom is 0.133 e. The Morgan fingerprint density at radius 3 is 2.39 bits per heavy atom. The summed E-state index contributed by atoms with van der Waals surface area (Å²) >= 11 is 0. The molecule has 0 amide bonds. The molecule has 0 radical (unpaired) electrons. The van der Waals surface area contributed by atoms with E-state index in [2.05, 4.69) is 55.2 Å². The van der Waals surface area contributed by atoms with Crippen molar-refractivity contribution in [3.8, 4) is 0 Å². The van der Waals surface area contributed by atoms with Gasteiger partial charge in [-0.2, -0.15) is 0 Å². The van der Waals surface area contributed by atoms with Crippen LogP contribution in [0.1, 0.15) is 119 Å². The van der Waals surface area contributed by atoms with Crippen molar-refractivity contribution >= 4 is 17.2 Å². The Labute approximate surface area is 248 Å². The molecule has 0 unspecified atom stereocenters. The van der Waals surface area contributed by atoms with Gasteiger partial charge in [0, 0.05) is 36.1 Å². The zero-order chi connectivity index (χ0) is 28.0. The molecule has 1 aromatic carbocycles. The quantitative estimate of drug-likeness (QED) is 0.313. The maximum absolute atomic E-state index is 5.07. The van der Waals surface area contributed by atoms with Gasteiger partial charge in [-0.1, -0.05) is 57.0 Å². The predicted octanol–water partition coefficient (Wildman–Crippen LogP) is 9.74. The van der Waals surface area contributed by atoms with Gasteiger partial charge >= 0.3 is 0 Å². The summed E-state index contributed by atoms with van der Waals surface area (Å²) in [6.07, 6.45) is 23.7. The topological polar surface area (TPSA) is 28.5 Å². The van der Waals surface area contributed by atoms with E-state index in [1.165, 1.54) is 112 Å². The molecule has 0 spiro atoms. The van der Waals surface area contributed by atoms with Crippen molar-refractivity contribution in [2.24, 2.45) is 22.2 Å². The van der Waals surface area contributed by atoms with E-state index in [9.17, 15) is 0 Å². The lowest BCUT2D eigenvalue weighted by Gasteiger charge is -2.55. The van der Waals surface area contributed by atoms with Crippen LogP contribution in [0.25, 0.3) is 5.70 Å². The lowest BCUT2D eigenvalue weighted by Crippen LogP contribution is -2.49. The molecule has 1 aliphatic heterocycles. The maximum atomic E-state index is 5.07. The van der Waals surface area contributed by atoms with E-state index in [-0.39, 0.29) is 0 Å². The van der Waals surface area contributed by atoms with Crippen LogP contribution in [0.4, 0.5) is 5.82 Å². The van der Waals surface area contributed by atoms with Crippen LogP contribution in [0, 0.1) is 24.2 Å². The van der Waals surface area contributed by atoms with Crippen LogP contribution in [0.2, 0.25) is 0 Å². The number of hydrogen-bond acceptors (Lipinski definition) is 3. The lowest BCUT2D eigenvalue weighted by molar-refractivity contribution is 0.0459. The number of pyridine rings is 1. The Kier molecular flexibility index (Phi) is 7.20. The third-order valence-electron chi connectivity index (χ3n) is 11.8. The van der Waals surface area contributed by atoms with Crippen molar-refractivity contribution in [2.75, 3.05) is 11.4 Å². The average molecular weight is 548 g/mol. The minimum absolute atomic E-state index is 0.360. The number of benzene rings is 1. The first-order valence-electron chi connectivity index (χ1n) is 16.8. The number of rotatable bonds is 9. The fraction of sp³-hybridized carbons (Fsp3) is 0.579. The van der Waals surface area contributed by atoms with E-state index in [0.717, 1.165) is 36.8 Å². The van der Waals surface area contributed by atoms with Crippen molar-refractivity contribution in [3.63, 3.8) is 0 Å². The first-order valence-corrected chi connectivity index (χ1v) is 16.8. The molecule has 5 saturated carbocycles. The van der Waals surface area contributed by atoms with E-state index >= 15 is 0 Å². The Hall–Kier alpha value is -2.68. The minimum atomic E-state index is 0.360. The Bertz CT molecular complexity index is 1350. The largest absolute Gasteiger partial charge is 0.330 e. The highest BCUT2D eigenvalue weighted by molar-refractivity contribution is 5.98. The van der Waals surface area contributed by atoms with E-state index in [0.29, 0.717) is 16.7 Å². The number of aromatic nitrogens is 1. The minimum Gasteiger partial charge on any atom is -0.330 e. The molecule has 0 saturated heterocycles. The van der Waals surface area contributed by atoms with Gasteiger partial charge in [0.05, 0.1) is 5.70 Å². The van der Waals surface area contributed by atoms with Gasteiger partial charge in [-0.15, -0.1) is 0 Å². The van der Waals surface area contributed by atoms with Crippen molar-refractivity contribution in [2.45, 2.75) is 116 Å². The molecule has 2 aromatic rings. The highest BCUT2D eigenvalue weighted by Crippen LogP contribution is 2.58. The molecule has 5 aliphatic carbocycles. The Balaban J connectivity index is 1.14. The van der Waals surface area contributed by atoms with E-state index in [1.807, 2.05) is 6.20 Å². The zero-order valence-electron chi connectivity index (χ0n) is 25.6. The van der Waals surface area contributed by atoms with Crippen LogP contribution < -0.4 is 4.90 Å². The van der Waals surface area contributed by atoms with Crippen LogP contribution in [0.15, 0.2) is 59.9 Å². The number of aliphatic imine (C=N–C) groups is 1. The highest BCUT2D eigenvalue weighted by atomic mass is 15.2. The first-order chi connectivity index (χ1) is 20.0. The number of fused-ring (bicyclic) bond motifs is 3. The summed E-state index contributed by atoms with van der Waals surface area (Å²) in [5.41, 5.74) is 10.4. The van der Waals surface area contributed by atoms with Crippen LogP contribution >= 0.6 is 0 Å². The van der Waals surface area contributed by atoms with Gasteiger partial charge in [0.15, 0.2) is 0 Å². The number of aryl methyl sites for hydroxylation is 2. The van der Waals surface area contributed by atoms with Crippen LogP contribution in [-0.4, -0.2) is 17.2 Å². The van der Waals surface area contributed by atoms with E-state index in [4.69, 9.17) is 16.6 Å². The van der Waals surface area contributed by atoms with Gasteiger partial charge in [0.25, 0.3) is 0 Å². The third-order valence-corrected chi connectivity index (χ3v) is 11.8. The second-order valence-electron chi connectivity index (χ2n) is 14.3. The number of allylic oxidation sites excluding steroid dienone is 2. The molecule has 0 N–H and O–H groups in total. The smallest absolute Gasteiger partial charge is 0.133 e. The van der Waals surface area contributed by atoms with Gasteiger partial charge in [0.2, 0.25) is 0 Å². The second kappa shape index (κ2) is 10.9. The summed E-state index contributed by atoms with van der Waals surface area (Å²) < 4.78 is 0.